The van der Waals surface area contributed by atoms with E-state index in [0.717, 1.165) is 19.8 Å². The Morgan fingerprint density at radius 2 is 2.29 bits per heavy atom. The third-order valence-electron chi connectivity index (χ3n) is 2.92. The van der Waals surface area contributed by atoms with Gasteiger partial charge in [-0.2, -0.15) is 0 Å². The van der Waals surface area contributed by atoms with Crippen LogP contribution in [0.5, 0.6) is 0 Å². The van der Waals surface area contributed by atoms with Crippen LogP contribution in [0.3, 0.4) is 0 Å². The van der Waals surface area contributed by atoms with Crippen LogP contribution in [0, 0.1) is 11.8 Å². The zero-order valence-electron chi connectivity index (χ0n) is 9.33. The first kappa shape index (κ1) is 12.0. The van der Waals surface area contributed by atoms with E-state index in [9.17, 15) is 0 Å². The summed E-state index contributed by atoms with van der Waals surface area (Å²) >= 11 is 0. The van der Waals surface area contributed by atoms with Gasteiger partial charge in [-0.1, -0.05) is 13.8 Å². The highest BCUT2D eigenvalue weighted by Crippen LogP contribution is 2.13. The highest BCUT2D eigenvalue weighted by Gasteiger charge is 2.17. The van der Waals surface area contributed by atoms with E-state index in [-0.39, 0.29) is 12.6 Å². The first-order chi connectivity index (χ1) is 6.74. The Balaban J connectivity index is 2.16. The van der Waals surface area contributed by atoms with E-state index in [0.29, 0.717) is 11.8 Å². The highest BCUT2D eigenvalue weighted by atomic mass is 16.5. The molecule has 1 aliphatic rings. The van der Waals surface area contributed by atoms with Gasteiger partial charge in [0.1, 0.15) is 0 Å². The molecule has 0 aliphatic carbocycles. The van der Waals surface area contributed by atoms with Crippen molar-refractivity contribution in [3.05, 3.63) is 0 Å². The predicted octanol–water partition coefficient (Wildman–Crippen LogP) is 1.02. The normalized spacial score (nSPS) is 25.3. The first-order valence-corrected chi connectivity index (χ1v) is 5.66. The molecular weight excluding hydrogens is 178 g/mol. The van der Waals surface area contributed by atoms with Gasteiger partial charge in [0.2, 0.25) is 0 Å². The Kier molecular flexibility index (Phi) is 5.45. The van der Waals surface area contributed by atoms with Gasteiger partial charge in [-0.25, -0.2) is 0 Å². The summed E-state index contributed by atoms with van der Waals surface area (Å²) in [6.45, 7) is 7.26. The Bertz CT molecular complexity index is 144. The number of hydrogen-bond donors (Lipinski definition) is 2. The Morgan fingerprint density at radius 3 is 2.79 bits per heavy atom. The summed E-state index contributed by atoms with van der Waals surface area (Å²) in [6.07, 6.45) is 2.43. The maximum atomic E-state index is 9.13. The Labute approximate surface area is 86.8 Å². The van der Waals surface area contributed by atoms with Gasteiger partial charge in [0.15, 0.2) is 0 Å². The van der Waals surface area contributed by atoms with Crippen LogP contribution in [-0.2, 0) is 4.74 Å². The molecule has 2 unspecified atom stereocenters. The smallest absolute Gasteiger partial charge is 0.0587 e. The minimum atomic E-state index is 0.227. The van der Waals surface area contributed by atoms with Gasteiger partial charge in [0.05, 0.1) is 13.2 Å². The summed E-state index contributed by atoms with van der Waals surface area (Å²) in [5, 5.41) is 12.5. The van der Waals surface area contributed by atoms with E-state index in [1.807, 2.05) is 0 Å². The molecule has 0 aromatic rings. The molecule has 0 spiro atoms. The number of rotatable bonds is 5. The van der Waals surface area contributed by atoms with Crippen molar-refractivity contribution in [1.29, 1.82) is 0 Å². The minimum Gasteiger partial charge on any atom is -0.395 e. The van der Waals surface area contributed by atoms with Crippen LogP contribution in [0.2, 0.25) is 0 Å². The van der Waals surface area contributed by atoms with E-state index in [1.54, 1.807) is 0 Å². The van der Waals surface area contributed by atoms with Crippen molar-refractivity contribution in [2.24, 2.45) is 11.8 Å². The quantitative estimate of drug-likeness (QED) is 0.698. The maximum Gasteiger partial charge on any atom is 0.0587 e. The molecular formula is C11H23NO2. The molecule has 84 valence electrons. The molecule has 1 saturated heterocycles. The lowest BCUT2D eigenvalue weighted by Crippen LogP contribution is -2.41. The summed E-state index contributed by atoms with van der Waals surface area (Å²) < 4.78 is 5.41. The van der Waals surface area contributed by atoms with Crippen molar-refractivity contribution in [2.75, 3.05) is 26.4 Å². The molecule has 1 heterocycles. The first-order valence-electron chi connectivity index (χ1n) is 5.66. The topological polar surface area (TPSA) is 41.5 Å². The van der Waals surface area contributed by atoms with Crippen LogP contribution < -0.4 is 5.32 Å². The molecule has 0 aromatic heterocycles. The number of nitrogens with one attached hydrogen (secondary N) is 1. The second-order valence-corrected chi connectivity index (χ2v) is 4.52. The predicted molar refractivity (Wildman–Crippen MR) is 57.3 cm³/mol. The Morgan fingerprint density at radius 1 is 1.50 bits per heavy atom. The third kappa shape index (κ3) is 3.95. The molecule has 0 amide bonds. The number of aliphatic hydroxyl groups is 1. The summed E-state index contributed by atoms with van der Waals surface area (Å²) in [5.74, 6) is 1.13. The van der Waals surface area contributed by atoms with E-state index in [1.165, 1.54) is 12.8 Å². The van der Waals surface area contributed by atoms with Gasteiger partial charge < -0.3 is 15.2 Å². The second kappa shape index (κ2) is 6.38. The standard InChI is InChI=1S/C11H23NO2/c1-9(2)11(7-13)12-6-10-4-3-5-14-8-10/h9-13H,3-8H2,1-2H3. The number of aliphatic hydroxyl groups excluding tert-OH is 1. The van der Waals surface area contributed by atoms with Gasteiger partial charge in [0.25, 0.3) is 0 Å². The fourth-order valence-electron chi connectivity index (χ4n) is 1.80. The van der Waals surface area contributed by atoms with Gasteiger partial charge >= 0.3 is 0 Å². The third-order valence-corrected chi connectivity index (χ3v) is 2.92. The van der Waals surface area contributed by atoms with Gasteiger partial charge in [0, 0.05) is 19.2 Å². The lowest BCUT2D eigenvalue weighted by molar-refractivity contribution is 0.0517. The molecule has 3 heteroatoms. The van der Waals surface area contributed by atoms with Crippen molar-refractivity contribution in [1.82, 2.24) is 5.32 Å². The van der Waals surface area contributed by atoms with E-state index >= 15 is 0 Å². The van der Waals surface area contributed by atoms with Crippen molar-refractivity contribution in [3.8, 4) is 0 Å². The largest absolute Gasteiger partial charge is 0.395 e. The van der Waals surface area contributed by atoms with Crippen molar-refractivity contribution in [3.63, 3.8) is 0 Å². The van der Waals surface area contributed by atoms with E-state index < -0.39 is 0 Å². The molecule has 2 atom stereocenters. The summed E-state index contributed by atoms with van der Waals surface area (Å²) in [6, 6.07) is 0.233. The Hall–Kier alpha value is -0.120. The summed E-state index contributed by atoms with van der Waals surface area (Å²) in [5.41, 5.74) is 0. The molecule has 0 bridgehead atoms. The molecule has 3 nitrogen and oxygen atoms in total. The molecule has 1 aliphatic heterocycles. The van der Waals surface area contributed by atoms with E-state index in [4.69, 9.17) is 9.84 Å². The molecule has 0 aromatic carbocycles. The summed E-state index contributed by atoms with van der Waals surface area (Å²) in [7, 11) is 0. The lowest BCUT2D eigenvalue weighted by Gasteiger charge is -2.26. The SMILES string of the molecule is CC(C)C(CO)NCC1CCCOC1. The van der Waals surface area contributed by atoms with Crippen LogP contribution in [0.1, 0.15) is 26.7 Å². The van der Waals surface area contributed by atoms with Gasteiger partial charge in [-0.15, -0.1) is 0 Å². The fourth-order valence-corrected chi connectivity index (χ4v) is 1.80. The molecule has 1 rings (SSSR count). The zero-order valence-corrected chi connectivity index (χ0v) is 9.33. The minimum absolute atomic E-state index is 0.227. The van der Waals surface area contributed by atoms with Gasteiger partial charge in [-0.05, 0) is 24.7 Å². The maximum absolute atomic E-state index is 9.13. The second-order valence-electron chi connectivity index (χ2n) is 4.52. The van der Waals surface area contributed by atoms with Crippen molar-refractivity contribution >= 4 is 0 Å². The average Bonchev–Trinajstić information content (AvgIpc) is 2.20. The van der Waals surface area contributed by atoms with Crippen LogP contribution in [0.15, 0.2) is 0 Å². The molecule has 2 N–H and O–H groups in total. The monoisotopic (exact) mass is 201 g/mol. The molecule has 0 radical (unpaired) electrons. The molecule has 1 fully saturated rings. The highest BCUT2D eigenvalue weighted by molar-refractivity contribution is 4.73. The van der Waals surface area contributed by atoms with Crippen LogP contribution >= 0.6 is 0 Å². The van der Waals surface area contributed by atoms with E-state index in [2.05, 4.69) is 19.2 Å². The van der Waals surface area contributed by atoms with Crippen molar-refractivity contribution in [2.45, 2.75) is 32.7 Å². The number of ether oxygens (including phenoxy) is 1. The van der Waals surface area contributed by atoms with Crippen LogP contribution in [-0.4, -0.2) is 37.5 Å². The van der Waals surface area contributed by atoms with Gasteiger partial charge in [-0.3, -0.25) is 0 Å². The summed E-state index contributed by atoms with van der Waals surface area (Å²) in [4.78, 5) is 0. The van der Waals surface area contributed by atoms with Crippen LogP contribution in [0.25, 0.3) is 0 Å². The zero-order chi connectivity index (χ0) is 10.4. The van der Waals surface area contributed by atoms with Crippen molar-refractivity contribution < 1.29 is 9.84 Å². The molecule has 14 heavy (non-hydrogen) atoms. The number of hydrogen-bond acceptors (Lipinski definition) is 3. The lowest BCUT2D eigenvalue weighted by atomic mass is 10.00. The molecule has 0 saturated carbocycles. The fraction of sp³-hybridized carbons (Fsp3) is 1.00. The average molecular weight is 201 g/mol. The van der Waals surface area contributed by atoms with Crippen LogP contribution in [0.4, 0.5) is 0 Å².